The molecular weight excluding hydrogens is 323 g/mol. The van der Waals surface area contributed by atoms with E-state index in [1.807, 2.05) is 11.4 Å². The number of para-hydroxylation sites is 1. The molecule has 0 saturated heterocycles. The van der Waals surface area contributed by atoms with E-state index in [4.69, 9.17) is 4.74 Å². The van der Waals surface area contributed by atoms with E-state index >= 15 is 0 Å². The van der Waals surface area contributed by atoms with Crippen LogP contribution in [-0.4, -0.2) is 24.2 Å². The number of fused-ring (bicyclic) bond motifs is 1. The van der Waals surface area contributed by atoms with Gasteiger partial charge in [-0.1, -0.05) is 23.5 Å². The average molecular weight is 336 g/mol. The molecule has 2 heterocycles. The summed E-state index contributed by atoms with van der Waals surface area (Å²) in [4.78, 5) is 17.4. The molecule has 0 saturated carbocycles. The maximum absolute atomic E-state index is 14.1. The second-order valence-corrected chi connectivity index (χ2v) is 6.47. The van der Waals surface area contributed by atoms with Crippen molar-refractivity contribution in [2.45, 2.75) is 6.54 Å². The first-order valence-electron chi connectivity index (χ1n) is 6.60. The van der Waals surface area contributed by atoms with Crippen LogP contribution in [-0.2, 0) is 11.3 Å². The van der Waals surface area contributed by atoms with E-state index in [1.54, 1.807) is 29.9 Å². The van der Waals surface area contributed by atoms with Crippen LogP contribution in [0.4, 0.5) is 4.39 Å². The van der Waals surface area contributed by atoms with Gasteiger partial charge in [-0.3, -0.25) is 4.79 Å². The van der Waals surface area contributed by atoms with Crippen LogP contribution in [0.1, 0.15) is 9.67 Å². The first-order chi connectivity index (χ1) is 10.7. The third-order valence-corrected chi connectivity index (χ3v) is 5.00. The molecular formula is C15H13FN2O2S2. The number of methoxy groups -OCH3 is 1. The Bertz CT molecular complexity index is 865. The van der Waals surface area contributed by atoms with Gasteiger partial charge < -0.3 is 9.30 Å². The van der Waals surface area contributed by atoms with Crippen LogP contribution >= 0.6 is 22.7 Å². The summed E-state index contributed by atoms with van der Waals surface area (Å²) in [6, 6.07) is 8.41. The monoisotopic (exact) mass is 336 g/mol. The van der Waals surface area contributed by atoms with E-state index < -0.39 is 0 Å². The average Bonchev–Trinajstić information content (AvgIpc) is 3.13. The van der Waals surface area contributed by atoms with Crippen molar-refractivity contribution in [3.05, 3.63) is 51.2 Å². The molecule has 0 fully saturated rings. The second-order valence-electron chi connectivity index (χ2n) is 4.51. The Labute approximate surface area is 134 Å². The van der Waals surface area contributed by atoms with Crippen LogP contribution in [0.2, 0.25) is 0 Å². The zero-order valence-electron chi connectivity index (χ0n) is 11.8. The number of rotatable bonds is 4. The van der Waals surface area contributed by atoms with Gasteiger partial charge in [-0.25, -0.2) is 4.39 Å². The van der Waals surface area contributed by atoms with Crippen molar-refractivity contribution in [1.82, 2.24) is 4.57 Å². The van der Waals surface area contributed by atoms with E-state index in [-0.39, 0.29) is 11.7 Å². The highest BCUT2D eigenvalue weighted by molar-refractivity contribution is 7.16. The van der Waals surface area contributed by atoms with Crippen LogP contribution in [0, 0.1) is 5.82 Å². The lowest BCUT2D eigenvalue weighted by Crippen LogP contribution is -2.19. The van der Waals surface area contributed by atoms with Crippen molar-refractivity contribution < 1.29 is 13.9 Å². The maximum Gasteiger partial charge on any atom is 0.289 e. The van der Waals surface area contributed by atoms with Gasteiger partial charge >= 0.3 is 0 Å². The number of aromatic nitrogens is 1. The molecule has 0 aliphatic carbocycles. The Balaban J connectivity index is 2.15. The molecule has 0 N–H and O–H groups in total. The molecule has 0 radical (unpaired) electrons. The van der Waals surface area contributed by atoms with Gasteiger partial charge in [-0.2, -0.15) is 4.99 Å². The van der Waals surface area contributed by atoms with Crippen molar-refractivity contribution in [2.75, 3.05) is 13.7 Å². The number of hydrogen-bond acceptors (Lipinski definition) is 4. The summed E-state index contributed by atoms with van der Waals surface area (Å²) >= 11 is 2.64. The third kappa shape index (κ3) is 2.87. The Hall–Kier alpha value is -1.83. The number of thiophene rings is 1. The van der Waals surface area contributed by atoms with Crippen molar-refractivity contribution >= 4 is 38.8 Å². The van der Waals surface area contributed by atoms with Gasteiger partial charge in [-0.05, 0) is 23.6 Å². The molecule has 0 unspecified atom stereocenters. The molecule has 0 aliphatic heterocycles. The SMILES string of the molecule is COCCn1c(=NC(=O)c2cccs2)sc2cccc(F)c21. The van der Waals surface area contributed by atoms with Gasteiger partial charge in [0.1, 0.15) is 5.82 Å². The lowest BCUT2D eigenvalue weighted by molar-refractivity contribution is 0.100. The minimum absolute atomic E-state index is 0.312. The third-order valence-electron chi connectivity index (χ3n) is 3.10. The summed E-state index contributed by atoms with van der Waals surface area (Å²) in [5, 5.41) is 1.83. The molecule has 114 valence electrons. The number of ether oxygens (including phenoxy) is 1. The first kappa shape index (κ1) is 15.1. The summed E-state index contributed by atoms with van der Waals surface area (Å²) in [5.74, 6) is -0.636. The number of carbonyl (C=O) groups is 1. The van der Waals surface area contributed by atoms with Gasteiger partial charge in [0.2, 0.25) is 0 Å². The van der Waals surface area contributed by atoms with Gasteiger partial charge in [-0.15, -0.1) is 11.3 Å². The number of amides is 1. The molecule has 0 aliphatic rings. The van der Waals surface area contributed by atoms with Gasteiger partial charge in [0, 0.05) is 13.7 Å². The summed E-state index contributed by atoms with van der Waals surface area (Å²) in [6.07, 6.45) is 0. The van der Waals surface area contributed by atoms with Crippen molar-refractivity contribution in [1.29, 1.82) is 0 Å². The van der Waals surface area contributed by atoms with Crippen LogP contribution in [0.3, 0.4) is 0 Å². The highest BCUT2D eigenvalue weighted by Gasteiger charge is 2.12. The van der Waals surface area contributed by atoms with E-state index in [2.05, 4.69) is 4.99 Å². The predicted molar refractivity (Wildman–Crippen MR) is 85.9 cm³/mol. The summed E-state index contributed by atoms with van der Waals surface area (Å²) in [7, 11) is 1.58. The number of hydrogen-bond donors (Lipinski definition) is 0. The minimum Gasteiger partial charge on any atom is -0.383 e. The fourth-order valence-corrected chi connectivity index (χ4v) is 3.78. The number of benzene rings is 1. The van der Waals surface area contributed by atoms with Crippen molar-refractivity contribution in [2.24, 2.45) is 4.99 Å². The maximum atomic E-state index is 14.1. The fourth-order valence-electron chi connectivity index (χ4n) is 2.10. The molecule has 4 nitrogen and oxygen atoms in total. The van der Waals surface area contributed by atoms with E-state index in [1.165, 1.54) is 28.7 Å². The highest BCUT2D eigenvalue weighted by atomic mass is 32.1. The predicted octanol–water partition coefficient (Wildman–Crippen LogP) is 3.29. The van der Waals surface area contributed by atoms with E-state index in [0.29, 0.717) is 28.3 Å². The Kier molecular flexibility index (Phi) is 4.47. The molecule has 0 spiro atoms. The number of thiazole rings is 1. The molecule has 3 rings (SSSR count). The molecule has 7 heteroatoms. The van der Waals surface area contributed by atoms with Crippen molar-refractivity contribution in [3.8, 4) is 0 Å². The quantitative estimate of drug-likeness (QED) is 0.734. The molecule has 3 aromatic rings. The second kappa shape index (κ2) is 6.51. The Morgan fingerprint density at radius 3 is 2.95 bits per heavy atom. The first-order valence-corrected chi connectivity index (χ1v) is 8.29. The number of carbonyl (C=O) groups excluding carboxylic acids is 1. The van der Waals surface area contributed by atoms with Gasteiger partial charge in [0.25, 0.3) is 5.91 Å². The normalized spacial score (nSPS) is 12.2. The Morgan fingerprint density at radius 2 is 2.23 bits per heavy atom. The summed E-state index contributed by atoms with van der Waals surface area (Å²) in [6.45, 7) is 0.856. The molecule has 1 aromatic carbocycles. The summed E-state index contributed by atoms with van der Waals surface area (Å²) < 4.78 is 21.6. The van der Waals surface area contributed by atoms with Crippen LogP contribution in [0.5, 0.6) is 0 Å². The fraction of sp³-hybridized carbons (Fsp3) is 0.200. The van der Waals surface area contributed by atoms with Crippen LogP contribution in [0.25, 0.3) is 10.2 Å². The van der Waals surface area contributed by atoms with Crippen LogP contribution in [0.15, 0.2) is 40.7 Å². The Morgan fingerprint density at radius 1 is 1.36 bits per heavy atom. The topological polar surface area (TPSA) is 43.6 Å². The number of nitrogens with zero attached hydrogens (tertiary/aromatic N) is 2. The summed E-state index contributed by atoms with van der Waals surface area (Å²) in [5.41, 5.74) is 0.460. The molecule has 1 amide bonds. The van der Waals surface area contributed by atoms with Crippen LogP contribution < -0.4 is 4.80 Å². The zero-order valence-corrected chi connectivity index (χ0v) is 13.4. The largest absolute Gasteiger partial charge is 0.383 e. The standard InChI is InChI=1S/C15H13FN2O2S2/c1-20-8-7-18-13-10(16)4-2-5-11(13)22-15(18)17-14(19)12-6-3-9-21-12/h2-6,9H,7-8H2,1H3. The molecule has 0 bridgehead atoms. The number of halogens is 1. The van der Waals surface area contributed by atoms with Crippen molar-refractivity contribution in [3.63, 3.8) is 0 Å². The van der Waals surface area contributed by atoms with Gasteiger partial charge in [0.15, 0.2) is 4.80 Å². The van der Waals surface area contributed by atoms with E-state index in [0.717, 1.165) is 4.70 Å². The lowest BCUT2D eigenvalue weighted by Gasteiger charge is -2.04. The van der Waals surface area contributed by atoms with Gasteiger partial charge in [0.05, 0.1) is 21.7 Å². The smallest absolute Gasteiger partial charge is 0.289 e. The highest BCUT2D eigenvalue weighted by Crippen LogP contribution is 2.20. The molecule has 0 atom stereocenters. The lowest BCUT2D eigenvalue weighted by atomic mass is 10.3. The minimum atomic E-state index is -0.324. The zero-order chi connectivity index (χ0) is 15.5. The molecule has 2 aromatic heterocycles. The van der Waals surface area contributed by atoms with E-state index in [9.17, 15) is 9.18 Å². The molecule has 22 heavy (non-hydrogen) atoms.